The van der Waals surface area contributed by atoms with Crippen LogP contribution in [0, 0.1) is 0 Å². The average Bonchev–Trinajstić information content (AvgIpc) is 2.43. The van der Waals surface area contributed by atoms with Crippen LogP contribution in [0.1, 0.15) is 23.2 Å². The molecule has 19 heavy (non-hydrogen) atoms. The number of aliphatic hydroxyl groups is 1. The molecule has 104 valence electrons. The first-order chi connectivity index (χ1) is 9.06. The second kappa shape index (κ2) is 6.22. The van der Waals surface area contributed by atoms with Gasteiger partial charge in [-0.3, -0.25) is 4.79 Å². The van der Waals surface area contributed by atoms with Crippen molar-refractivity contribution in [3.8, 4) is 0 Å². The van der Waals surface area contributed by atoms with Gasteiger partial charge in [-0.25, -0.2) is 0 Å². The largest absolute Gasteiger partial charge is 0.394 e. The van der Waals surface area contributed by atoms with E-state index in [9.17, 15) is 9.90 Å². The SMILES string of the molecule is O=C(NC1(CO)CCOCC1)c1ccc(Br)c(Cl)c1. The first-order valence-electron chi connectivity index (χ1n) is 6.02. The van der Waals surface area contributed by atoms with Gasteiger partial charge in [0.2, 0.25) is 0 Å². The zero-order chi connectivity index (χ0) is 13.9. The molecule has 0 aromatic heterocycles. The Labute approximate surface area is 125 Å². The Bertz CT molecular complexity index is 475. The van der Waals surface area contributed by atoms with Gasteiger partial charge >= 0.3 is 0 Å². The molecule has 0 bridgehead atoms. The summed E-state index contributed by atoms with van der Waals surface area (Å²) in [6.45, 7) is 0.996. The highest BCUT2D eigenvalue weighted by Gasteiger charge is 2.33. The number of ether oxygens (including phenoxy) is 1. The van der Waals surface area contributed by atoms with Crippen LogP contribution in [0.2, 0.25) is 5.02 Å². The number of carbonyl (C=O) groups is 1. The van der Waals surface area contributed by atoms with E-state index < -0.39 is 5.54 Å². The third-order valence-corrected chi connectivity index (χ3v) is 4.55. The molecule has 0 spiro atoms. The van der Waals surface area contributed by atoms with Crippen molar-refractivity contribution in [3.63, 3.8) is 0 Å². The molecular formula is C13H15BrClNO3. The maximum atomic E-state index is 12.2. The number of hydrogen-bond donors (Lipinski definition) is 2. The molecule has 2 N–H and O–H groups in total. The molecule has 1 aliphatic rings. The van der Waals surface area contributed by atoms with Gasteiger partial charge in [-0.1, -0.05) is 11.6 Å². The Morgan fingerprint density at radius 1 is 1.47 bits per heavy atom. The van der Waals surface area contributed by atoms with Crippen LogP contribution in [0.4, 0.5) is 0 Å². The molecule has 1 aromatic rings. The Morgan fingerprint density at radius 3 is 2.74 bits per heavy atom. The summed E-state index contributed by atoms with van der Waals surface area (Å²) in [6, 6.07) is 5.02. The maximum absolute atomic E-state index is 12.2. The van der Waals surface area contributed by atoms with E-state index in [1.54, 1.807) is 18.2 Å². The van der Waals surface area contributed by atoms with E-state index in [2.05, 4.69) is 21.2 Å². The number of rotatable bonds is 3. The molecule has 1 aliphatic heterocycles. The quantitative estimate of drug-likeness (QED) is 0.882. The number of carbonyl (C=O) groups excluding carboxylic acids is 1. The van der Waals surface area contributed by atoms with Crippen molar-refractivity contribution >= 4 is 33.4 Å². The van der Waals surface area contributed by atoms with E-state index >= 15 is 0 Å². The number of benzene rings is 1. The van der Waals surface area contributed by atoms with Crippen molar-refractivity contribution in [1.82, 2.24) is 5.32 Å². The van der Waals surface area contributed by atoms with Crippen LogP contribution in [-0.4, -0.2) is 36.4 Å². The molecule has 6 heteroatoms. The third-order valence-electron chi connectivity index (χ3n) is 3.31. The lowest BCUT2D eigenvalue weighted by molar-refractivity contribution is 0.0125. The number of aliphatic hydroxyl groups excluding tert-OH is 1. The van der Waals surface area contributed by atoms with E-state index in [1.807, 2.05) is 0 Å². The topological polar surface area (TPSA) is 58.6 Å². The highest BCUT2D eigenvalue weighted by atomic mass is 79.9. The van der Waals surface area contributed by atoms with E-state index in [0.717, 1.165) is 4.47 Å². The van der Waals surface area contributed by atoms with E-state index in [0.29, 0.717) is 36.6 Å². The highest BCUT2D eigenvalue weighted by Crippen LogP contribution is 2.25. The summed E-state index contributed by atoms with van der Waals surface area (Å²) in [5.74, 6) is -0.231. The van der Waals surface area contributed by atoms with Crippen molar-refractivity contribution < 1.29 is 14.6 Å². The lowest BCUT2D eigenvalue weighted by Gasteiger charge is -2.36. The Balaban J connectivity index is 2.12. The van der Waals surface area contributed by atoms with Crippen LogP contribution < -0.4 is 5.32 Å². The summed E-state index contributed by atoms with van der Waals surface area (Å²) in [5, 5.41) is 12.9. The highest BCUT2D eigenvalue weighted by molar-refractivity contribution is 9.10. The molecule has 1 amide bonds. The standard InChI is InChI=1S/C13H15BrClNO3/c14-10-2-1-9(7-11(10)15)12(18)16-13(8-17)3-5-19-6-4-13/h1-2,7,17H,3-6,8H2,(H,16,18). The van der Waals surface area contributed by atoms with Crippen molar-refractivity contribution in [1.29, 1.82) is 0 Å². The first kappa shape index (κ1) is 14.8. The third kappa shape index (κ3) is 3.48. The summed E-state index contributed by atoms with van der Waals surface area (Å²) in [4.78, 5) is 12.2. The molecule has 1 aromatic carbocycles. The van der Waals surface area contributed by atoms with Gasteiger partial charge in [0, 0.05) is 23.2 Å². The Morgan fingerprint density at radius 2 is 2.16 bits per heavy atom. The fourth-order valence-corrected chi connectivity index (χ4v) is 2.46. The van der Waals surface area contributed by atoms with Gasteiger partial charge in [0.25, 0.3) is 5.91 Å². The van der Waals surface area contributed by atoms with Crippen molar-refractivity contribution in [2.45, 2.75) is 18.4 Å². The van der Waals surface area contributed by atoms with Crippen LogP contribution >= 0.6 is 27.5 Å². The summed E-state index contributed by atoms with van der Waals surface area (Å²) >= 11 is 9.25. The lowest BCUT2D eigenvalue weighted by Crippen LogP contribution is -2.54. The zero-order valence-corrected chi connectivity index (χ0v) is 12.6. The van der Waals surface area contributed by atoms with Gasteiger partial charge < -0.3 is 15.2 Å². The Hall–Kier alpha value is -0.620. The molecule has 4 nitrogen and oxygen atoms in total. The van der Waals surface area contributed by atoms with Gasteiger partial charge in [0.1, 0.15) is 0 Å². The molecule has 0 atom stereocenters. The molecule has 1 fully saturated rings. The first-order valence-corrected chi connectivity index (χ1v) is 7.20. The van der Waals surface area contributed by atoms with Crippen LogP contribution in [0.15, 0.2) is 22.7 Å². The molecule has 1 heterocycles. The van der Waals surface area contributed by atoms with Crippen LogP contribution in [0.3, 0.4) is 0 Å². The molecule has 0 unspecified atom stereocenters. The van der Waals surface area contributed by atoms with Gasteiger partial charge in [0.05, 0.1) is 17.2 Å². The minimum Gasteiger partial charge on any atom is -0.394 e. The molecule has 0 saturated carbocycles. The predicted molar refractivity (Wildman–Crippen MR) is 76.5 cm³/mol. The maximum Gasteiger partial charge on any atom is 0.251 e. The number of halogens is 2. The normalized spacial score (nSPS) is 18.1. The minimum atomic E-state index is -0.588. The summed E-state index contributed by atoms with van der Waals surface area (Å²) in [7, 11) is 0. The molecule has 1 saturated heterocycles. The van der Waals surface area contributed by atoms with Gasteiger partial charge in [-0.2, -0.15) is 0 Å². The van der Waals surface area contributed by atoms with Gasteiger partial charge in [-0.15, -0.1) is 0 Å². The summed E-state index contributed by atoms with van der Waals surface area (Å²) in [5.41, 5.74) is -0.109. The van der Waals surface area contributed by atoms with E-state index in [1.165, 1.54) is 0 Å². The van der Waals surface area contributed by atoms with Crippen LogP contribution in [0.5, 0.6) is 0 Å². The molecule has 0 radical (unpaired) electrons. The van der Waals surface area contributed by atoms with Crippen molar-refractivity contribution in [3.05, 3.63) is 33.3 Å². The molecule has 2 rings (SSSR count). The Kier molecular flexibility index (Phi) is 4.84. The summed E-state index contributed by atoms with van der Waals surface area (Å²) in [6.07, 6.45) is 1.22. The number of amides is 1. The molecular weight excluding hydrogens is 334 g/mol. The minimum absolute atomic E-state index is 0.0909. The second-order valence-corrected chi connectivity index (χ2v) is 5.90. The summed E-state index contributed by atoms with van der Waals surface area (Å²) < 4.78 is 6.00. The monoisotopic (exact) mass is 347 g/mol. The lowest BCUT2D eigenvalue weighted by atomic mass is 9.90. The van der Waals surface area contributed by atoms with Gasteiger partial charge in [0.15, 0.2) is 0 Å². The zero-order valence-electron chi connectivity index (χ0n) is 10.3. The fourth-order valence-electron chi connectivity index (χ4n) is 2.04. The van der Waals surface area contributed by atoms with Crippen LogP contribution in [0.25, 0.3) is 0 Å². The van der Waals surface area contributed by atoms with Crippen molar-refractivity contribution in [2.75, 3.05) is 19.8 Å². The molecule has 0 aliphatic carbocycles. The number of nitrogens with one attached hydrogen (secondary N) is 1. The fraction of sp³-hybridized carbons (Fsp3) is 0.462. The van der Waals surface area contributed by atoms with E-state index in [4.69, 9.17) is 16.3 Å². The van der Waals surface area contributed by atoms with Gasteiger partial charge in [-0.05, 0) is 47.0 Å². The number of hydrogen-bond acceptors (Lipinski definition) is 3. The predicted octanol–water partition coefficient (Wildman–Crippen LogP) is 2.37. The smallest absolute Gasteiger partial charge is 0.251 e. The van der Waals surface area contributed by atoms with Crippen molar-refractivity contribution in [2.24, 2.45) is 0 Å². The second-order valence-electron chi connectivity index (χ2n) is 4.63. The van der Waals surface area contributed by atoms with E-state index in [-0.39, 0.29) is 12.5 Å². The van der Waals surface area contributed by atoms with Crippen LogP contribution in [-0.2, 0) is 4.74 Å². The average molecular weight is 349 g/mol.